The Bertz CT molecular complexity index is 1400. The molecule has 0 aliphatic heterocycles. The number of Topliss-reactive ketones (excluding diaryl/α,β-unsaturated/α-hetero) is 1. The second kappa shape index (κ2) is 10.6. The Kier molecular flexibility index (Phi) is 6.98. The van der Waals surface area contributed by atoms with E-state index in [2.05, 4.69) is 72.8 Å². The molecular weight excluding hydrogens is 459 g/mol. The van der Waals surface area contributed by atoms with Crippen LogP contribution in [-0.4, -0.2) is 18.7 Å². The van der Waals surface area contributed by atoms with E-state index >= 15 is 0 Å². The number of hydrogen-bond donors (Lipinski definition) is 0. The quantitative estimate of drug-likeness (QED) is 0.198. The number of benzene rings is 5. The van der Waals surface area contributed by atoms with E-state index in [9.17, 15) is 4.79 Å². The van der Waals surface area contributed by atoms with Crippen LogP contribution in [0.1, 0.15) is 10.4 Å². The number of hydrogen-bond acceptors (Lipinski definition) is 2. The van der Waals surface area contributed by atoms with E-state index in [0.29, 0.717) is 5.56 Å². The fourth-order valence-corrected chi connectivity index (χ4v) is 8.31. The van der Waals surface area contributed by atoms with E-state index in [4.69, 9.17) is 4.74 Å². The summed E-state index contributed by atoms with van der Waals surface area (Å²) >= 11 is 0. The van der Waals surface area contributed by atoms with Crippen LogP contribution in [0.3, 0.4) is 0 Å². The number of ether oxygens (including phenoxy) is 1. The number of ketones is 1. The molecule has 3 heteroatoms. The zero-order valence-electron chi connectivity index (χ0n) is 20.1. The molecule has 0 heterocycles. The van der Waals surface area contributed by atoms with Gasteiger partial charge in [-0.15, -0.1) is 0 Å². The first kappa shape index (κ1) is 23.6. The number of methoxy groups -OCH3 is 1. The minimum absolute atomic E-state index is 0.0251. The molecule has 2 nitrogen and oxygen atoms in total. The van der Waals surface area contributed by atoms with Gasteiger partial charge in [-0.05, 0) is 51.9 Å². The summed E-state index contributed by atoms with van der Waals surface area (Å²) in [5.41, 5.74) is 2.77. The molecule has 0 saturated heterocycles. The van der Waals surface area contributed by atoms with Crippen molar-refractivity contribution in [3.8, 4) is 16.9 Å². The van der Waals surface area contributed by atoms with E-state index in [-0.39, 0.29) is 5.78 Å². The molecule has 0 fully saturated rings. The molecule has 0 aromatic heterocycles. The minimum Gasteiger partial charge on any atom is -0.497 e. The Morgan fingerprint density at radius 3 is 1.56 bits per heavy atom. The van der Waals surface area contributed by atoms with Gasteiger partial charge in [0.25, 0.3) is 0 Å². The van der Waals surface area contributed by atoms with E-state index < -0.39 is 6.89 Å². The molecule has 0 aliphatic rings. The molecule has 0 bridgehead atoms. The third kappa shape index (κ3) is 4.69. The maximum atomic E-state index is 13.9. The molecule has 0 atom stereocenters. The first-order chi connectivity index (χ1) is 17.7. The largest absolute Gasteiger partial charge is 0.497 e. The molecule has 0 saturated carbocycles. The number of carbonyl (C=O) groups excluding carboxylic acids is 1. The van der Waals surface area contributed by atoms with Crippen molar-refractivity contribution < 1.29 is 9.53 Å². The van der Waals surface area contributed by atoms with Gasteiger partial charge in [0, 0.05) is 5.56 Å². The zero-order chi connectivity index (χ0) is 24.8. The normalized spacial score (nSPS) is 11.0. The standard InChI is InChI=1S/C33H27O2P/c1-35-29-13-11-12-28(24-29)26-20-22-27(23-21-26)33(34)25-36(30-14-5-2-6-15-30,31-16-7-3-8-17-31)32-18-9-4-10-19-32/h2-25H,1H3. The molecule has 36 heavy (non-hydrogen) atoms. The highest BCUT2D eigenvalue weighted by Crippen LogP contribution is 2.43. The van der Waals surface area contributed by atoms with Crippen molar-refractivity contribution in [2.45, 2.75) is 0 Å². The molecule has 0 radical (unpaired) electrons. The Hall–Kier alpha value is -4.13. The lowest BCUT2D eigenvalue weighted by Gasteiger charge is -2.28. The van der Waals surface area contributed by atoms with Crippen molar-refractivity contribution in [2.24, 2.45) is 0 Å². The summed E-state index contributed by atoms with van der Waals surface area (Å²) < 4.78 is 5.36. The van der Waals surface area contributed by atoms with Crippen molar-refractivity contribution in [3.05, 3.63) is 145 Å². The van der Waals surface area contributed by atoms with Crippen LogP contribution in [0.15, 0.2) is 140 Å². The molecule has 0 amide bonds. The van der Waals surface area contributed by atoms with Crippen LogP contribution in [0.4, 0.5) is 0 Å². The monoisotopic (exact) mass is 486 g/mol. The molecule has 0 unspecified atom stereocenters. The molecule has 176 valence electrons. The van der Waals surface area contributed by atoms with Gasteiger partial charge in [-0.1, -0.05) is 127 Å². The molecular formula is C33H27O2P. The maximum Gasteiger partial charge on any atom is 0.186 e. The molecule has 5 rings (SSSR count). The van der Waals surface area contributed by atoms with Gasteiger partial charge in [-0.2, -0.15) is 0 Å². The molecule has 0 N–H and O–H groups in total. The van der Waals surface area contributed by atoms with Crippen LogP contribution in [0, 0.1) is 0 Å². The first-order valence-electron chi connectivity index (χ1n) is 11.9. The van der Waals surface area contributed by atoms with Crippen molar-refractivity contribution in [3.63, 3.8) is 0 Å². The lowest BCUT2D eigenvalue weighted by molar-refractivity contribution is 0.107. The highest BCUT2D eigenvalue weighted by Gasteiger charge is 2.26. The topological polar surface area (TPSA) is 26.3 Å². The van der Waals surface area contributed by atoms with Crippen LogP contribution in [0.25, 0.3) is 11.1 Å². The minimum atomic E-state index is -2.35. The van der Waals surface area contributed by atoms with Crippen molar-refractivity contribution in [1.82, 2.24) is 0 Å². The summed E-state index contributed by atoms with van der Waals surface area (Å²) in [6.07, 6.45) is 0. The van der Waals surface area contributed by atoms with Crippen molar-refractivity contribution in [1.29, 1.82) is 0 Å². The summed E-state index contributed by atoms with van der Waals surface area (Å²) in [6.45, 7) is -2.35. The number of carbonyl (C=O) groups is 1. The van der Waals surface area contributed by atoms with Gasteiger partial charge >= 0.3 is 0 Å². The van der Waals surface area contributed by atoms with Gasteiger partial charge in [0.1, 0.15) is 5.75 Å². The highest BCUT2D eigenvalue weighted by molar-refractivity contribution is 7.95. The van der Waals surface area contributed by atoms with Crippen LogP contribution >= 0.6 is 6.89 Å². The summed E-state index contributed by atoms with van der Waals surface area (Å²) in [7, 11) is 1.66. The summed E-state index contributed by atoms with van der Waals surface area (Å²) in [4.78, 5) is 13.9. The fourth-order valence-electron chi connectivity index (χ4n) is 4.54. The van der Waals surface area contributed by atoms with Gasteiger partial charge < -0.3 is 4.74 Å². The third-order valence-corrected chi connectivity index (χ3v) is 10.3. The second-order valence-corrected chi connectivity index (χ2v) is 11.8. The van der Waals surface area contributed by atoms with E-state index in [1.165, 1.54) is 0 Å². The zero-order valence-corrected chi connectivity index (χ0v) is 21.0. The average Bonchev–Trinajstić information content (AvgIpc) is 2.97. The summed E-state index contributed by atoms with van der Waals surface area (Å²) in [6, 6.07) is 47.0. The Labute approximate surface area is 212 Å². The third-order valence-electron chi connectivity index (χ3n) is 6.37. The van der Waals surface area contributed by atoms with E-state index in [0.717, 1.165) is 32.8 Å². The van der Waals surface area contributed by atoms with Crippen molar-refractivity contribution >= 4 is 34.4 Å². The first-order valence-corrected chi connectivity index (χ1v) is 13.8. The summed E-state index contributed by atoms with van der Waals surface area (Å²) in [5.74, 6) is 2.81. The van der Waals surface area contributed by atoms with Crippen LogP contribution in [0.2, 0.25) is 0 Å². The smallest absolute Gasteiger partial charge is 0.186 e. The SMILES string of the molecule is COc1cccc(-c2ccc(C(=O)C=P(c3ccccc3)(c3ccccc3)c3ccccc3)cc2)c1. The van der Waals surface area contributed by atoms with Crippen LogP contribution < -0.4 is 20.7 Å². The molecule has 5 aromatic carbocycles. The van der Waals surface area contributed by atoms with Gasteiger partial charge in [-0.25, -0.2) is 0 Å². The highest BCUT2D eigenvalue weighted by atomic mass is 31.2. The fraction of sp³-hybridized carbons (Fsp3) is 0.0303. The van der Waals surface area contributed by atoms with Gasteiger partial charge in [0.2, 0.25) is 0 Å². The summed E-state index contributed by atoms with van der Waals surface area (Å²) in [5, 5.41) is 3.47. The molecule has 0 aliphatic carbocycles. The predicted molar refractivity (Wildman–Crippen MR) is 154 cm³/mol. The Morgan fingerprint density at radius 1 is 0.583 bits per heavy atom. The average molecular weight is 487 g/mol. The molecule has 5 aromatic rings. The maximum absolute atomic E-state index is 13.9. The lowest BCUT2D eigenvalue weighted by Crippen LogP contribution is -2.28. The predicted octanol–water partition coefficient (Wildman–Crippen LogP) is 6.34. The van der Waals surface area contributed by atoms with Gasteiger partial charge in [0.15, 0.2) is 5.78 Å². The Morgan fingerprint density at radius 2 is 1.08 bits per heavy atom. The Balaban J connectivity index is 1.65. The number of rotatable bonds is 7. The van der Waals surface area contributed by atoms with E-state index in [1.54, 1.807) is 7.11 Å². The lowest BCUT2D eigenvalue weighted by atomic mass is 10.0. The van der Waals surface area contributed by atoms with Crippen LogP contribution in [-0.2, 0) is 0 Å². The molecule has 0 spiro atoms. The van der Waals surface area contributed by atoms with Crippen molar-refractivity contribution in [2.75, 3.05) is 7.11 Å². The second-order valence-electron chi connectivity index (χ2n) is 8.53. The van der Waals surface area contributed by atoms with Gasteiger partial charge in [0.05, 0.1) is 7.11 Å². The van der Waals surface area contributed by atoms with E-state index in [1.807, 2.05) is 72.5 Å². The van der Waals surface area contributed by atoms with Gasteiger partial charge in [-0.3, -0.25) is 4.79 Å². The van der Waals surface area contributed by atoms with Crippen LogP contribution in [0.5, 0.6) is 5.75 Å².